The Morgan fingerprint density at radius 1 is 1.04 bits per heavy atom. The predicted octanol–water partition coefficient (Wildman–Crippen LogP) is 2.70. The lowest BCUT2D eigenvalue weighted by molar-refractivity contribution is 0.0937. The van der Waals surface area contributed by atoms with E-state index in [2.05, 4.69) is 26.0 Å². The van der Waals surface area contributed by atoms with Gasteiger partial charge in [-0.05, 0) is 19.1 Å². The van der Waals surface area contributed by atoms with Crippen molar-refractivity contribution >= 4 is 11.6 Å². The number of carbonyl (C=O) groups is 1. The molecule has 0 aliphatic rings. The van der Waals surface area contributed by atoms with E-state index >= 15 is 0 Å². The lowest BCUT2D eigenvalue weighted by Gasteiger charge is -2.15. The van der Waals surface area contributed by atoms with Crippen molar-refractivity contribution in [3.63, 3.8) is 0 Å². The minimum absolute atomic E-state index is 0.0574. The van der Waals surface area contributed by atoms with Crippen molar-refractivity contribution in [2.45, 2.75) is 13.0 Å². The molecule has 0 bridgehead atoms. The number of nitrogens with one attached hydrogen (secondary N) is 3. The van der Waals surface area contributed by atoms with Gasteiger partial charge in [-0.25, -0.2) is 0 Å². The SMILES string of the molecule is C[C@H](CNc1ccccc1)NC(=O)c1n[nH]nc1-c1ccccc1. The standard InChI is InChI=1S/C18H19N5O/c1-13(12-19-15-10-6-3-7-11-15)20-18(24)17-16(21-23-22-17)14-8-4-2-5-9-14/h2-11,13,19H,12H2,1H3,(H,20,24)(H,21,22,23)/t13-/m1/s1. The molecule has 3 rings (SSSR count). The number of H-pyrrole nitrogens is 1. The quantitative estimate of drug-likeness (QED) is 0.652. The van der Waals surface area contributed by atoms with Gasteiger partial charge in [0.15, 0.2) is 5.69 Å². The highest BCUT2D eigenvalue weighted by Crippen LogP contribution is 2.18. The summed E-state index contributed by atoms with van der Waals surface area (Å²) in [7, 11) is 0. The fourth-order valence-corrected chi connectivity index (χ4v) is 2.36. The first-order chi connectivity index (χ1) is 11.7. The van der Waals surface area contributed by atoms with Crippen LogP contribution in [0.1, 0.15) is 17.4 Å². The molecule has 0 unspecified atom stereocenters. The molecule has 0 fully saturated rings. The fraction of sp³-hybridized carbons (Fsp3) is 0.167. The Labute approximate surface area is 140 Å². The smallest absolute Gasteiger partial charge is 0.274 e. The molecule has 0 aliphatic carbocycles. The van der Waals surface area contributed by atoms with Crippen LogP contribution >= 0.6 is 0 Å². The molecule has 24 heavy (non-hydrogen) atoms. The van der Waals surface area contributed by atoms with E-state index < -0.39 is 0 Å². The summed E-state index contributed by atoms with van der Waals surface area (Å²) in [6, 6.07) is 19.3. The first-order valence-corrected chi connectivity index (χ1v) is 7.80. The molecular formula is C18H19N5O. The van der Waals surface area contributed by atoms with Gasteiger partial charge in [-0.2, -0.15) is 15.4 Å². The normalized spacial score (nSPS) is 11.7. The van der Waals surface area contributed by atoms with Gasteiger partial charge in [0.25, 0.3) is 5.91 Å². The Morgan fingerprint density at radius 2 is 1.71 bits per heavy atom. The molecule has 3 aromatic rings. The molecule has 1 atom stereocenters. The van der Waals surface area contributed by atoms with Crippen LogP contribution in [-0.4, -0.2) is 33.9 Å². The number of rotatable bonds is 6. The van der Waals surface area contributed by atoms with Crippen molar-refractivity contribution < 1.29 is 4.79 Å². The van der Waals surface area contributed by atoms with Crippen molar-refractivity contribution in [2.24, 2.45) is 0 Å². The number of aromatic amines is 1. The molecule has 3 N–H and O–H groups in total. The van der Waals surface area contributed by atoms with E-state index in [0.29, 0.717) is 17.9 Å². The number of nitrogens with zero attached hydrogens (tertiary/aromatic N) is 2. The molecule has 1 aromatic heterocycles. The topological polar surface area (TPSA) is 82.7 Å². The number of carbonyl (C=O) groups excluding carboxylic acids is 1. The van der Waals surface area contributed by atoms with Crippen LogP contribution in [0.15, 0.2) is 60.7 Å². The second kappa shape index (κ2) is 7.41. The average molecular weight is 321 g/mol. The van der Waals surface area contributed by atoms with Crippen molar-refractivity contribution in [1.29, 1.82) is 0 Å². The van der Waals surface area contributed by atoms with E-state index in [1.807, 2.05) is 67.6 Å². The Balaban J connectivity index is 1.62. The van der Waals surface area contributed by atoms with Gasteiger partial charge in [-0.3, -0.25) is 4.79 Å². The molecule has 0 saturated carbocycles. The van der Waals surface area contributed by atoms with Gasteiger partial charge in [0.2, 0.25) is 0 Å². The number of aromatic nitrogens is 3. The largest absolute Gasteiger partial charge is 0.383 e. The number of para-hydroxylation sites is 1. The highest BCUT2D eigenvalue weighted by Gasteiger charge is 2.19. The maximum Gasteiger partial charge on any atom is 0.274 e. The van der Waals surface area contributed by atoms with E-state index in [4.69, 9.17) is 0 Å². The summed E-state index contributed by atoms with van der Waals surface area (Å²) in [5.41, 5.74) is 2.72. The zero-order chi connectivity index (χ0) is 16.8. The van der Waals surface area contributed by atoms with Crippen LogP contribution in [0.4, 0.5) is 5.69 Å². The summed E-state index contributed by atoms with van der Waals surface area (Å²) in [6.45, 7) is 2.56. The number of anilines is 1. The summed E-state index contributed by atoms with van der Waals surface area (Å²) >= 11 is 0. The summed E-state index contributed by atoms with van der Waals surface area (Å²) < 4.78 is 0. The molecule has 1 amide bonds. The maximum absolute atomic E-state index is 12.5. The molecule has 6 nitrogen and oxygen atoms in total. The van der Waals surface area contributed by atoms with Crippen molar-refractivity contribution in [3.05, 3.63) is 66.4 Å². The lowest BCUT2D eigenvalue weighted by Crippen LogP contribution is -2.37. The summed E-state index contributed by atoms with van der Waals surface area (Å²) in [5, 5.41) is 16.8. The van der Waals surface area contributed by atoms with Crippen LogP contribution in [0.2, 0.25) is 0 Å². The molecule has 0 spiro atoms. The zero-order valence-electron chi connectivity index (χ0n) is 13.4. The van der Waals surface area contributed by atoms with E-state index in [0.717, 1.165) is 11.3 Å². The zero-order valence-corrected chi connectivity index (χ0v) is 13.4. The van der Waals surface area contributed by atoms with Gasteiger partial charge in [-0.1, -0.05) is 48.5 Å². The fourth-order valence-electron chi connectivity index (χ4n) is 2.36. The van der Waals surface area contributed by atoms with Gasteiger partial charge in [0.1, 0.15) is 5.69 Å². The van der Waals surface area contributed by atoms with Gasteiger partial charge >= 0.3 is 0 Å². The molecule has 1 heterocycles. The summed E-state index contributed by atoms with van der Waals surface area (Å²) in [6.07, 6.45) is 0. The molecule has 0 aliphatic heterocycles. The highest BCUT2D eigenvalue weighted by atomic mass is 16.2. The van der Waals surface area contributed by atoms with Crippen LogP contribution in [0, 0.1) is 0 Å². The first kappa shape index (κ1) is 15.7. The average Bonchev–Trinajstić information content (AvgIpc) is 3.11. The van der Waals surface area contributed by atoms with Gasteiger partial charge in [-0.15, -0.1) is 0 Å². The lowest BCUT2D eigenvalue weighted by atomic mass is 10.1. The van der Waals surface area contributed by atoms with Crippen LogP contribution in [-0.2, 0) is 0 Å². The summed E-state index contributed by atoms with van der Waals surface area (Å²) in [5.74, 6) is -0.245. The summed E-state index contributed by atoms with van der Waals surface area (Å²) in [4.78, 5) is 12.5. The molecule has 122 valence electrons. The monoisotopic (exact) mass is 321 g/mol. The molecule has 0 saturated heterocycles. The number of benzene rings is 2. The van der Waals surface area contributed by atoms with E-state index in [9.17, 15) is 4.79 Å². The highest BCUT2D eigenvalue weighted by molar-refractivity contribution is 5.98. The maximum atomic E-state index is 12.5. The van der Waals surface area contributed by atoms with Crippen molar-refractivity contribution in [2.75, 3.05) is 11.9 Å². The Bertz CT molecular complexity index is 785. The number of amides is 1. The van der Waals surface area contributed by atoms with Crippen molar-refractivity contribution in [1.82, 2.24) is 20.7 Å². The third-order valence-electron chi connectivity index (χ3n) is 3.57. The third kappa shape index (κ3) is 3.78. The minimum atomic E-state index is -0.245. The molecule has 0 radical (unpaired) electrons. The van der Waals surface area contributed by atoms with E-state index in [1.165, 1.54) is 0 Å². The number of hydrogen-bond acceptors (Lipinski definition) is 4. The van der Waals surface area contributed by atoms with Crippen molar-refractivity contribution in [3.8, 4) is 11.3 Å². The molecule has 2 aromatic carbocycles. The second-order valence-electron chi connectivity index (χ2n) is 5.51. The third-order valence-corrected chi connectivity index (χ3v) is 3.57. The van der Waals surface area contributed by atoms with Gasteiger partial charge in [0.05, 0.1) is 0 Å². The second-order valence-corrected chi connectivity index (χ2v) is 5.51. The van der Waals surface area contributed by atoms with Crippen LogP contribution in [0.5, 0.6) is 0 Å². The van der Waals surface area contributed by atoms with Crippen LogP contribution in [0.25, 0.3) is 11.3 Å². The predicted molar refractivity (Wildman–Crippen MR) is 93.7 cm³/mol. The molecule has 6 heteroatoms. The van der Waals surface area contributed by atoms with Gasteiger partial charge < -0.3 is 10.6 Å². The van der Waals surface area contributed by atoms with Crippen LogP contribution in [0.3, 0.4) is 0 Å². The molecular weight excluding hydrogens is 302 g/mol. The first-order valence-electron chi connectivity index (χ1n) is 7.80. The number of hydrogen-bond donors (Lipinski definition) is 3. The Morgan fingerprint density at radius 3 is 2.42 bits per heavy atom. The minimum Gasteiger partial charge on any atom is -0.383 e. The van der Waals surface area contributed by atoms with E-state index in [1.54, 1.807) is 0 Å². The Kier molecular flexibility index (Phi) is 4.86. The van der Waals surface area contributed by atoms with E-state index in [-0.39, 0.29) is 11.9 Å². The van der Waals surface area contributed by atoms with Gasteiger partial charge in [0, 0.05) is 23.8 Å². The van der Waals surface area contributed by atoms with Crippen LogP contribution < -0.4 is 10.6 Å². The Hall–Kier alpha value is -3.15.